The van der Waals surface area contributed by atoms with Crippen molar-refractivity contribution in [3.8, 4) is 0 Å². The van der Waals surface area contributed by atoms with Crippen molar-refractivity contribution in [3.63, 3.8) is 0 Å². The van der Waals surface area contributed by atoms with Gasteiger partial charge >= 0.3 is 0 Å². The van der Waals surface area contributed by atoms with Crippen LogP contribution in [-0.2, 0) is 17.6 Å². The average Bonchev–Trinajstić information content (AvgIpc) is 2.90. The zero-order valence-corrected chi connectivity index (χ0v) is 12.7. The van der Waals surface area contributed by atoms with E-state index in [4.69, 9.17) is 4.42 Å². The fraction of sp³-hybridized carbons (Fsp3) is 0.500. The first-order chi connectivity index (χ1) is 10.3. The minimum Gasteiger partial charge on any atom is -0.464 e. The topological polar surface area (TPSA) is 42.2 Å². The summed E-state index contributed by atoms with van der Waals surface area (Å²) in [7, 11) is 0. The summed E-state index contributed by atoms with van der Waals surface area (Å²) in [5, 5.41) is 4.25. The largest absolute Gasteiger partial charge is 0.464 e. The van der Waals surface area contributed by atoms with Crippen LogP contribution in [0.4, 0.5) is 0 Å². The molecule has 1 aliphatic carbocycles. The number of hydrogen-bond acceptors (Lipinski definition) is 2. The number of rotatable bonds is 4. The maximum absolute atomic E-state index is 12.2. The number of carbonyl (C=O) groups excluding carboxylic acids is 1. The Labute approximate surface area is 125 Å². The van der Waals surface area contributed by atoms with Gasteiger partial charge in [-0.2, -0.15) is 0 Å². The van der Waals surface area contributed by atoms with Gasteiger partial charge in [0.2, 0.25) is 5.91 Å². The number of fused-ring (bicyclic) bond motifs is 1. The summed E-state index contributed by atoms with van der Waals surface area (Å²) in [5.74, 6) is 0.117. The minimum atomic E-state index is 0.117. The molecule has 1 heterocycles. The number of aryl methyl sites for hydroxylation is 1. The van der Waals surface area contributed by atoms with E-state index in [0.717, 1.165) is 35.8 Å². The molecule has 0 aliphatic heterocycles. The second kappa shape index (κ2) is 6.33. The maximum Gasteiger partial charge on any atom is 0.224 e. The summed E-state index contributed by atoms with van der Waals surface area (Å²) < 4.78 is 5.56. The molecular formula is C18H23NO2. The molecule has 0 radical (unpaired) electrons. The van der Waals surface area contributed by atoms with E-state index in [1.807, 2.05) is 6.07 Å². The third-order valence-electron chi connectivity index (χ3n) is 4.45. The van der Waals surface area contributed by atoms with Gasteiger partial charge < -0.3 is 9.73 Å². The zero-order valence-electron chi connectivity index (χ0n) is 12.7. The molecule has 0 atom stereocenters. The van der Waals surface area contributed by atoms with Gasteiger partial charge in [-0.15, -0.1) is 0 Å². The molecule has 3 rings (SSSR count). The van der Waals surface area contributed by atoms with Gasteiger partial charge in [-0.05, 0) is 37.0 Å². The third kappa shape index (κ3) is 3.29. The first-order valence-corrected chi connectivity index (χ1v) is 8.04. The summed E-state index contributed by atoms with van der Waals surface area (Å²) in [5.41, 5.74) is 3.14. The minimum absolute atomic E-state index is 0.117. The molecule has 1 N–H and O–H groups in total. The Morgan fingerprint density at radius 3 is 2.86 bits per heavy atom. The normalized spacial score (nSPS) is 16.2. The van der Waals surface area contributed by atoms with Gasteiger partial charge in [-0.3, -0.25) is 4.79 Å². The van der Waals surface area contributed by atoms with E-state index in [2.05, 4.69) is 24.4 Å². The van der Waals surface area contributed by atoms with E-state index in [0.29, 0.717) is 12.5 Å². The first kappa shape index (κ1) is 14.2. The van der Waals surface area contributed by atoms with E-state index in [1.54, 1.807) is 6.26 Å². The molecule has 0 spiro atoms. The Balaban J connectivity index is 1.70. The number of hydrogen-bond donors (Lipinski definition) is 1. The van der Waals surface area contributed by atoms with Gasteiger partial charge in [-0.1, -0.05) is 32.3 Å². The molecule has 1 amide bonds. The van der Waals surface area contributed by atoms with Crippen molar-refractivity contribution in [2.75, 3.05) is 0 Å². The van der Waals surface area contributed by atoms with E-state index in [1.165, 1.54) is 24.8 Å². The highest BCUT2D eigenvalue weighted by atomic mass is 16.3. The molecular weight excluding hydrogens is 262 g/mol. The van der Waals surface area contributed by atoms with Gasteiger partial charge in [-0.25, -0.2) is 0 Å². The molecule has 0 saturated heterocycles. The van der Waals surface area contributed by atoms with E-state index >= 15 is 0 Å². The summed E-state index contributed by atoms with van der Waals surface area (Å²) in [6.07, 6.45) is 9.16. The molecule has 1 fully saturated rings. The Kier molecular flexibility index (Phi) is 4.28. The van der Waals surface area contributed by atoms with Crippen LogP contribution in [-0.4, -0.2) is 11.9 Å². The summed E-state index contributed by atoms with van der Waals surface area (Å²) >= 11 is 0. The van der Waals surface area contributed by atoms with Crippen LogP contribution < -0.4 is 5.32 Å². The lowest BCUT2D eigenvalue weighted by atomic mass is 9.95. The van der Waals surface area contributed by atoms with Crippen LogP contribution in [0.25, 0.3) is 11.0 Å². The van der Waals surface area contributed by atoms with E-state index in [9.17, 15) is 4.79 Å². The number of carbonyl (C=O) groups is 1. The highest BCUT2D eigenvalue weighted by Crippen LogP contribution is 2.24. The number of benzene rings is 1. The van der Waals surface area contributed by atoms with Crippen molar-refractivity contribution in [3.05, 3.63) is 35.6 Å². The van der Waals surface area contributed by atoms with E-state index in [-0.39, 0.29) is 5.91 Å². The summed E-state index contributed by atoms with van der Waals surface area (Å²) in [6.45, 7) is 2.14. The van der Waals surface area contributed by atoms with Crippen molar-refractivity contribution in [1.29, 1.82) is 0 Å². The van der Waals surface area contributed by atoms with Crippen molar-refractivity contribution in [2.24, 2.45) is 0 Å². The first-order valence-electron chi connectivity index (χ1n) is 8.04. The highest BCUT2D eigenvalue weighted by molar-refractivity contribution is 5.88. The smallest absolute Gasteiger partial charge is 0.224 e. The summed E-state index contributed by atoms with van der Waals surface area (Å²) in [6, 6.07) is 6.59. The molecule has 1 saturated carbocycles. The molecule has 1 aliphatic rings. The van der Waals surface area contributed by atoms with Crippen molar-refractivity contribution >= 4 is 16.9 Å². The second-order valence-corrected chi connectivity index (χ2v) is 6.02. The van der Waals surface area contributed by atoms with Crippen LogP contribution in [0, 0.1) is 0 Å². The van der Waals surface area contributed by atoms with Crippen LogP contribution in [0.3, 0.4) is 0 Å². The van der Waals surface area contributed by atoms with Crippen LogP contribution in [0.5, 0.6) is 0 Å². The molecule has 3 nitrogen and oxygen atoms in total. The zero-order chi connectivity index (χ0) is 14.7. The molecule has 2 aromatic rings. The second-order valence-electron chi connectivity index (χ2n) is 6.02. The lowest BCUT2D eigenvalue weighted by Gasteiger charge is -2.22. The SMILES string of the molecule is CCc1ccc2occ(CC(=O)NC3CCCCC3)c2c1. The van der Waals surface area contributed by atoms with Gasteiger partial charge in [0.1, 0.15) is 5.58 Å². The lowest BCUT2D eigenvalue weighted by Crippen LogP contribution is -2.37. The van der Waals surface area contributed by atoms with Crippen LogP contribution >= 0.6 is 0 Å². The molecule has 1 aromatic carbocycles. The summed E-state index contributed by atoms with van der Waals surface area (Å²) in [4.78, 5) is 12.2. The van der Waals surface area contributed by atoms with Crippen LogP contribution in [0.2, 0.25) is 0 Å². The van der Waals surface area contributed by atoms with Gasteiger partial charge in [0.25, 0.3) is 0 Å². The average molecular weight is 285 g/mol. The van der Waals surface area contributed by atoms with Crippen LogP contribution in [0.15, 0.2) is 28.9 Å². The van der Waals surface area contributed by atoms with Crippen molar-refractivity contribution in [1.82, 2.24) is 5.32 Å². The van der Waals surface area contributed by atoms with Crippen molar-refractivity contribution in [2.45, 2.75) is 57.9 Å². The third-order valence-corrected chi connectivity index (χ3v) is 4.45. The predicted molar refractivity (Wildman–Crippen MR) is 84.3 cm³/mol. The molecule has 112 valence electrons. The van der Waals surface area contributed by atoms with E-state index < -0.39 is 0 Å². The molecule has 21 heavy (non-hydrogen) atoms. The van der Waals surface area contributed by atoms with Crippen LogP contribution in [0.1, 0.15) is 50.2 Å². The molecule has 1 aromatic heterocycles. The maximum atomic E-state index is 12.2. The van der Waals surface area contributed by atoms with Crippen molar-refractivity contribution < 1.29 is 9.21 Å². The Bertz CT molecular complexity index is 623. The fourth-order valence-electron chi connectivity index (χ4n) is 3.18. The van der Waals surface area contributed by atoms with Gasteiger partial charge in [0, 0.05) is 17.0 Å². The Hall–Kier alpha value is -1.77. The molecule has 0 bridgehead atoms. The fourth-order valence-corrected chi connectivity index (χ4v) is 3.18. The van der Waals surface area contributed by atoms with Gasteiger partial charge in [0.05, 0.1) is 12.7 Å². The highest BCUT2D eigenvalue weighted by Gasteiger charge is 2.17. The number of amides is 1. The quantitative estimate of drug-likeness (QED) is 0.923. The van der Waals surface area contributed by atoms with Gasteiger partial charge in [0.15, 0.2) is 0 Å². The number of furan rings is 1. The monoisotopic (exact) mass is 285 g/mol. The standard InChI is InChI=1S/C18H23NO2/c1-2-13-8-9-17-16(10-13)14(12-21-17)11-18(20)19-15-6-4-3-5-7-15/h8-10,12,15H,2-7,11H2,1H3,(H,19,20). The Morgan fingerprint density at radius 1 is 1.29 bits per heavy atom. The predicted octanol–water partition coefficient (Wildman–Crippen LogP) is 3.99. The lowest BCUT2D eigenvalue weighted by molar-refractivity contribution is -0.121. The molecule has 3 heteroatoms. The number of nitrogens with one attached hydrogen (secondary N) is 1. The Morgan fingerprint density at radius 2 is 2.10 bits per heavy atom. The molecule has 0 unspecified atom stereocenters.